The van der Waals surface area contributed by atoms with E-state index in [9.17, 15) is 13.5 Å². The van der Waals surface area contributed by atoms with Gasteiger partial charge in [0, 0.05) is 6.04 Å². The van der Waals surface area contributed by atoms with Gasteiger partial charge >= 0.3 is 0 Å². The molecule has 0 spiro atoms. The van der Waals surface area contributed by atoms with E-state index in [0.717, 1.165) is 18.4 Å². The Labute approximate surface area is 127 Å². The lowest BCUT2D eigenvalue weighted by atomic mass is 9.98. The highest BCUT2D eigenvalue weighted by atomic mass is 32.2. The minimum atomic E-state index is -3.54. The van der Waals surface area contributed by atoms with Gasteiger partial charge in [0.05, 0.1) is 11.5 Å². The molecule has 1 aliphatic rings. The van der Waals surface area contributed by atoms with E-state index in [1.807, 2.05) is 6.92 Å². The number of nitrogens with one attached hydrogen (secondary N) is 1. The van der Waals surface area contributed by atoms with Crippen molar-refractivity contribution in [3.05, 3.63) is 29.3 Å². The van der Waals surface area contributed by atoms with Gasteiger partial charge in [0.15, 0.2) is 0 Å². The molecule has 3 atom stereocenters. The molecule has 1 saturated carbocycles. The SMILES string of the molecule is CCc1ccc(CO)cc1S(=O)(=O)NC1CCC(C)C1C. The number of hydrogen-bond donors (Lipinski definition) is 2. The summed E-state index contributed by atoms with van der Waals surface area (Å²) in [4.78, 5) is 0.309. The summed E-state index contributed by atoms with van der Waals surface area (Å²) in [6.07, 6.45) is 2.60. The third-order valence-corrected chi connectivity index (χ3v) is 6.33. The normalized spacial score (nSPS) is 26.2. The van der Waals surface area contributed by atoms with Crippen molar-refractivity contribution in [2.45, 2.75) is 57.6 Å². The van der Waals surface area contributed by atoms with Crippen LogP contribution in [0.4, 0.5) is 0 Å². The van der Waals surface area contributed by atoms with Crippen molar-refractivity contribution in [2.75, 3.05) is 0 Å². The number of aliphatic hydroxyl groups excluding tert-OH is 1. The fourth-order valence-electron chi connectivity index (χ4n) is 3.03. The first-order valence-electron chi connectivity index (χ1n) is 7.64. The first-order valence-corrected chi connectivity index (χ1v) is 9.12. The maximum atomic E-state index is 12.7. The molecule has 3 unspecified atom stereocenters. The van der Waals surface area contributed by atoms with Crippen LogP contribution in [0.3, 0.4) is 0 Å². The molecule has 118 valence electrons. The van der Waals surface area contributed by atoms with Gasteiger partial charge in [-0.25, -0.2) is 13.1 Å². The van der Waals surface area contributed by atoms with Crippen molar-refractivity contribution < 1.29 is 13.5 Å². The second-order valence-corrected chi connectivity index (χ2v) is 7.78. The third kappa shape index (κ3) is 3.47. The number of hydrogen-bond acceptors (Lipinski definition) is 3. The fourth-order valence-corrected chi connectivity index (χ4v) is 4.76. The second kappa shape index (κ2) is 6.46. The molecule has 0 saturated heterocycles. The predicted octanol–water partition coefficient (Wildman–Crippen LogP) is 2.45. The van der Waals surface area contributed by atoms with E-state index < -0.39 is 10.0 Å². The Kier molecular flexibility index (Phi) is 5.07. The highest BCUT2D eigenvalue weighted by molar-refractivity contribution is 7.89. The zero-order valence-corrected chi connectivity index (χ0v) is 13.8. The van der Waals surface area contributed by atoms with E-state index >= 15 is 0 Å². The lowest BCUT2D eigenvalue weighted by Gasteiger charge is -2.21. The highest BCUT2D eigenvalue weighted by Gasteiger charge is 2.33. The van der Waals surface area contributed by atoms with E-state index in [2.05, 4.69) is 18.6 Å². The average molecular weight is 311 g/mol. The quantitative estimate of drug-likeness (QED) is 0.878. The molecule has 1 aromatic carbocycles. The van der Waals surface area contributed by atoms with Crippen LogP contribution in [0.2, 0.25) is 0 Å². The first-order chi connectivity index (χ1) is 9.89. The Hall–Kier alpha value is -0.910. The van der Waals surface area contributed by atoms with Crippen LogP contribution in [0, 0.1) is 11.8 Å². The van der Waals surface area contributed by atoms with Crippen molar-refractivity contribution >= 4 is 10.0 Å². The average Bonchev–Trinajstić information content (AvgIpc) is 2.78. The van der Waals surface area contributed by atoms with E-state index in [4.69, 9.17) is 0 Å². The Bertz CT molecular complexity index is 598. The van der Waals surface area contributed by atoms with Gasteiger partial charge in [-0.1, -0.05) is 32.9 Å². The Balaban J connectivity index is 2.31. The van der Waals surface area contributed by atoms with Gasteiger partial charge in [-0.3, -0.25) is 0 Å². The molecule has 4 nitrogen and oxygen atoms in total. The number of sulfonamides is 1. The zero-order valence-electron chi connectivity index (χ0n) is 13.0. The van der Waals surface area contributed by atoms with Crippen molar-refractivity contribution in [1.29, 1.82) is 0 Å². The molecule has 2 N–H and O–H groups in total. The van der Waals surface area contributed by atoms with Crippen molar-refractivity contribution in [3.8, 4) is 0 Å². The Morgan fingerprint density at radius 2 is 2.00 bits per heavy atom. The number of benzene rings is 1. The topological polar surface area (TPSA) is 66.4 Å². The van der Waals surface area contributed by atoms with Gasteiger partial charge in [0.2, 0.25) is 10.0 Å². The lowest BCUT2D eigenvalue weighted by molar-refractivity contribution is 0.281. The van der Waals surface area contributed by atoms with E-state index in [0.29, 0.717) is 28.7 Å². The summed E-state index contributed by atoms with van der Waals surface area (Å²) < 4.78 is 28.3. The summed E-state index contributed by atoms with van der Waals surface area (Å²) in [5.74, 6) is 0.901. The van der Waals surface area contributed by atoms with Crippen LogP contribution < -0.4 is 4.72 Å². The Morgan fingerprint density at radius 1 is 1.29 bits per heavy atom. The standard InChI is InChI=1S/C16H25NO3S/c1-4-14-7-6-13(10-18)9-16(14)21(19,20)17-15-8-5-11(2)12(15)3/h6-7,9,11-12,15,17-18H,4-5,8,10H2,1-3H3. The molecular weight excluding hydrogens is 286 g/mol. The maximum Gasteiger partial charge on any atom is 0.241 e. The van der Waals surface area contributed by atoms with Gasteiger partial charge < -0.3 is 5.11 Å². The predicted molar refractivity (Wildman–Crippen MR) is 83.4 cm³/mol. The smallest absolute Gasteiger partial charge is 0.241 e. The molecule has 1 fully saturated rings. The molecule has 1 aliphatic carbocycles. The third-order valence-electron chi connectivity index (χ3n) is 4.76. The molecule has 21 heavy (non-hydrogen) atoms. The first kappa shape index (κ1) is 16.5. The minimum Gasteiger partial charge on any atom is -0.392 e. The van der Waals surface area contributed by atoms with Crippen LogP contribution in [-0.4, -0.2) is 19.6 Å². The molecule has 1 aromatic rings. The fraction of sp³-hybridized carbons (Fsp3) is 0.625. The summed E-state index contributed by atoms with van der Waals surface area (Å²) in [5, 5.41) is 9.24. The molecule has 5 heteroatoms. The molecule has 0 radical (unpaired) electrons. The monoisotopic (exact) mass is 311 g/mol. The van der Waals surface area contributed by atoms with Crippen molar-refractivity contribution in [2.24, 2.45) is 11.8 Å². The van der Waals surface area contributed by atoms with Crippen LogP contribution >= 0.6 is 0 Å². The molecule has 0 bridgehead atoms. The second-order valence-electron chi connectivity index (χ2n) is 6.10. The number of aliphatic hydroxyl groups is 1. The Morgan fingerprint density at radius 3 is 2.52 bits per heavy atom. The molecule has 2 rings (SSSR count). The summed E-state index contributed by atoms with van der Waals surface area (Å²) in [6, 6.07) is 5.16. The van der Waals surface area contributed by atoms with Crippen LogP contribution in [0.25, 0.3) is 0 Å². The van der Waals surface area contributed by atoms with E-state index in [1.54, 1.807) is 18.2 Å². The number of aryl methyl sites for hydroxylation is 1. The van der Waals surface area contributed by atoms with Gasteiger partial charge in [0.1, 0.15) is 0 Å². The summed E-state index contributed by atoms with van der Waals surface area (Å²) in [6.45, 7) is 6.06. The molecule has 0 aliphatic heterocycles. The maximum absolute atomic E-state index is 12.7. The van der Waals surface area contributed by atoms with Crippen LogP contribution in [-0.2, 0) is 23.1 Å². The largest absolute Gasteiger partial charge is 0.392 e. The summed E-state index contributed by atoms with van der Waals surface area (Å²) in [7, 11) is -3.54. The van der Waals surface area contributed by atoms with Crippen molar-refractivity contribution in [1.82, 2.24) is 4.72 Å². The zero-order chi connectivity index (χ0) is 15.6. The lowest BCUT2D eigenvalue weighted by Crippen LogP contribution is -2.37. The van der Waals surface area contributed by atoms with Gasteiger partial charge in [0.25, 0.3) is 0 Å². The molecule has 0 amide bonds. The van der Waals surface area contributed by atoms with E-state index in [1.165, 1.54) is 0 Å². The minimum absolute atomic E-state index is 0.00693. The summed E-state index contributed by atoms with van der Waals surface area (Å²) in [5.41, 5.74) is 1.42. The molecular formula is C16H25NO3S. The van der Waals surface area contributed by atoms with Gasteiger partial charge in [-0.15, -0.1) is 0 Å². The van der Waals surface area contributed by atoms with Gasteiger partial charge in [-0.2, -0.15) is 0 Å². The number of rotatable bonds is 5. The summed E-state index contributed by atoms with van der Waals surface area (Å²) >= 11 is 0. The van der Waals surface area contributed by atoms with E-state index in [-0.39, 0.29) is 12.6 Å². The van der Waals surface area contributed by atoms with Gasteiger partial charge in [-0.05, 0) is 48.3 Å². The van der Waals surface area contributed by atoms with Crippen LogP contribution in [0.1, 0.15) is 44.7 Å². The molecule has 0 aromatic heterocycles. The molecule has 0 heterocycles. The highest BCUT2D eigenvalue weighted by Crippen LogP contribution is 2.32. The van der Waals surface area contributed by atoms with Crippen LogP contribution in [0.15, 0.2) is 23.1 Å². The van der Waals surface area contributed by atoms with Crippen LogP contribution in [0.5, 0.6) is 0 Å². The van der Waals surface area contributed by atoms with Crippen molar-refractivity contribution in [3.63, 3.8) is 0 Å².